The van der Waals surface area contributed by atoms with Crippen LogP contribution in [0.15, 0.2) is 41.5 Å². The molecule has 9 heteroatoms. The summed E-state index contributed by atoms with van der Waals surface area (Å²) in [5, 5.41) is 7.33. The van der Waals surface area contributed by atoms with Gasteiger partial charge in [-0.25, -0.2) is 5.43 Å². The molecule has 0 atom stereocenters. The Hall–Kier alpha value is -2.77. The van der Waals surface area contributed by atoms with Gasteiger partial charge in [0.1, 0.15) is 13.2 Å². The maximum atomic E-state index is 12.2. The minimum atomic E-state index is -0.492. The van der Waals surface area contributed by atoms with Crippen LogP contribution < -0.4 is 20.2 Å². The summed E-state index contributed by atoms with van der Waals surface area (Å²) >= 11 is 11.8. The molecule has 2 aromatic carbocycles. The molecular weight excluding hydrogens is 405 g/mol. The minimum absolute atomic E-state index is 0.00305. The molecule has 0 bridgehead atoms. The predicted octanol–water partition coefficient (Wildman–Crippen LogP) is 3.90. The predicted molar refractivity (Wildman–Crippen MR) is 108 cm³/mol. The van der Waals surface area contributed by atoms with Gasteiger partial charge in [-0.3, -0.25) is 9.59 Å². The Morgan fingerprint density at radius 3 is 2.57 bits per heavy atom. The maximum absolute atomic E-state index is 12.2. The summed E-state index contributed by atoms with van der Waals surface area (Å²) < 4.78 is 10.9. The molecule has 1 aliphatic heterocycles. The Labute approximate surface area is 171 Å². The Kier molecular flexibility index (Phi) is 6.38. The molecule has 0 fully saturated rings. The lowest BCUT2D eigenvalue weighted by Gasteiger charge is -2.19. The Morgan fingerprint density at radius 2 is 1.82 bits per heavy atom. The first-order chi connectivity index (χ1) is 13.4. The van der Waals surface area contributed by atoms with Gasteiger partial charge in [0.2, 0.25) is 5.91 Å². The SMILES string of the molecule is C/C(CC(=O)Nc1ccc2c(c1)OCCO2)=N\NC(=O)c1ccc(Cl)cc1Cl. The van der Waals surface area contributed by atoms with Crippen LogP contribution in [0, 0.1) is 0 Å². The van der Waals surface area contributed by atoms with Gasteiger partial charge >= 0.3 is 0 Å². The number of carbonyl (C=O) groups excluding carboxylic acids is 2. The van der Waals surface area contributed by atoms with Gasteiger partial charge in [-0.05, 0) is 37.3 Å². The van der Waals surface area contributed by atoms with Crippen LogP contribution in [0.5, 0.6) is 11.5 Å². The number of rotatable bonds is 5. The minimum Gasteiger partial charge on any atom is -0.486 e. The molecule has 7 nitrogen and oxygen atoms in total. The van der Waals surface area contributed by atoms with Crippen LogP contribution in [0.1, 0.15) is 23.7 Å². The highest BCUT2D eigenvalue weighted by molar-refractivity contribution is 6.36. The number of hydrazone groups is 1. The highest BCUT2D eigenvalue weighted by atomic mass is 35.5. The molecule has 2 N–H and O–H groups in total. The summed E-state index contributed by atoms with van der Waals surface area (Å²) in [5.74, 6) is 0.456. The number of anilines is 1. The molecule has 3 rings (SSSR count). The van der Waals surface area contributed by atoms with Gasteiger partial charge in [0.25, 0.3) is 5.91 Å². The number of carbonyl (C=O) groups is 2. The second-order valence-corrected chi connectivity index (χ2v) is 6.84. The van der Waals surface area contributed by atoms with Gasteiger partial charge in [0.15, 0.2) is 11.5 Å². The van der Waals surface area contributed by atoms with Crippen molar-refractivity contribution >= 4 is 46.4 Å². The summed E-state index contributed by atoms with van der Waals surface area (Å²) in [4.78, 5) is 24.3. The van der Waals surface area contributed by atoms with Gasteiger partial charge in [-0.15, -0.1) is 0 Å². The monoisotopic (exact) mass is 421 g/mol. The van der Waals surface area contributed by atoms with Crippen molar-refractivity contribution in [1.82, 2.24) is 5.43 Å². The number of amides is 2. The van der Waals surface area contributed by atoms with E-state index in [1.54, 1.807) is 31.2 Å². The second kappa shape index (κ2) is 8.95. The highest BCUT2D eigenvalue weighted by Crippen LogP contribution is 2.32. The molecule has 0 unspecified atom stereocenters. The fourth-order valence-electron chi connectivity index (χ4n) is 2.48. The summed E-state index contributed by atoms with van der Waals surface area (Å²) in [5.41, 5.74) is 3.62. The fraction of sp³-hybridized carbons (Fsp3) is 0.211. The van der Waals surface area contributed by atoms with Crippen molar-refractivity contribution in [3.63, 3.8) is 0 Å². The third kappa shape index (κ3) is 5.15. The maximum Gasteiger partial charge on any atom is 0.272 e. The first kappa shape index (κ1) is 20.0. The summed E-state index contributed by atoms with van der Waals surface area (Å²) in [6.07, 6.45) is 0.00305. The summed E-state index contributed by atoms with van der Waals surface area (Å²) in [6.45, 7) is 2.60. The van der Waals surface area contributed by atoms with Crippen LogP contribution >= 0.6 is 23.2 Å². The lowest BCUT2D eigenvalue weighted by molar-refractivity contribution is -0.115. The smallest absolute Gasteiger partial charge is 0.272 e. The Balaban J connectivity index is 1.55. The van der Waals surface area contributed by atoms with E-state index in [0.717, 1.165) is 0 Å². The molecule has 2 amide bonds. The number of benzene rings is 2. The summed E-state index contributed by atoms with van der Waals surface area (Å²) in [6, 6.07) is 9.68. The fourth-order valence-corrected chi connectivity index (χ4v) is 2.97. The largest absolute Gasteiger partial charge is 0.486 e. The zero-order valence-electron chi connectivity index (χ0n) is 14.9. The van der Waals surface area contributed by atoms with Crippen LogP contribution in [0.25, 0.3) is 0 Å². The molecule has 0 saturated carbocycles. The van der Waals surface area contributed by atoms with Crippen molar-refractivity contribution in [3.05, 3.63) is 52.0 Å². The third-order valence-corrected chi connectivity index (χ3v) is 4.31. The standard InChI is InChI=1S/C19H17Cl2N3O4/c1-11(23-24-19(26)14-4-2-12(20)9-15(14)21)8-18(25)22-13-3-5-16-17(10-13)28-7-6-27-16/h2-5,9-10H,6-8H2,1H3,(H,22,25)(H,24,26)/b23-11+. The topological polar surface area (TPSA) is 89.0 Å². The van der Waals surface area contributed by atoms with E-state index < -0.39 is 5.91 Å². The molecule has 2 aromatic rings. The van der Waals surface area contributed by atoms with Gasteiger partial charge in [0.05, 0.1) is 17.0 Å². The second-order valence-electron chi connectivity index (χ2n) is 6.00. The average molecular weight is 422 g/mol. The molecule has 0 radical (unpaired) electrons. The van der Waals surface area contributed by atoms with E-state index in [4.69, 9.17) is 32.7 Å². The quantitative estimate of drug-likeness (QED) is 0.565. The first-order valence-corrected chi connectivity index (χ1v) is 9.16. The molecule has 146 valence electrons. The number of nitrogens with zero attached hydrogens (tertiary/aromatic N) is 1. The van der Waals surface area contributed by atoms with Gasteiger partial charge < -0.3 is 14.8 Å². The first-order valence-electron chi connectivity index (χ1n) is 8.40. The number of hydrogen-bond donors (Lipinski definition) is 2. The van der Waals surface area contributed by atoms with Crippen LogP contribution in [0.4, 0.5) is 5.69 Å². The average Bonchev–Trinajstić information content (AvgIpc) is 2.66. The lowest BCUT2D eigenvalue weighted by atomic mass is 10.2. The van der Waals surface area contributed by atoms with Crippen LogP contribution in [-0.2, 0) is 4.79 Å². The van der Waals surface area contributed by atoms with Crippen molar-refractivity contribution in [1.29, 1.82) is 0 Å². The number of ether oxygens (including phenoxy) is 2. The van der Waals surface area contributed by atoms with E-state index in [0.29, 0.717) is 41.1 Å². The third-order valence-electron chi connectivity index (χ3n) is 3.77. The van der Waals surface area contributed by atoms with E-state index >= 15 is 0 Å². The Bertz CT molecular complexity index is 947. The van der Waals surface area contributed by atoms with Gasteiger partial charge in [-0.1, -0.05) is 23.2 Å². The van der Waals surface area contributed by atoms with E-state index in [9.17, 15) is 9.59 Å². The van der Waals surface area contributed by atoms with Crippen molar-refractivity contribution < 1.29 is 19.1 Å². The molecule has 28 heavy (non-hydrogen) atoms. The number of hydrogen-bond acceptors (Lipinski definition) is 5. The van der Waals surface area contributed by atoms with E-state index in [2.05, 4.69) is 15.8 Å². The van der Waals surface area contributed by atoms with Crippen molar-refractivity contribution in [2.45, 2.75) is 13.3 Å². The van der Waals surface area contributed by atoms with Crippen molar-refractivity contribution in [3.8, 4) is 11.5 Å². The van der Waals surface area contributed by atoms with Crippen LogP contribution in [0.2, 0.25) is 10.0 Å². The molecule has 1 heterocycles. The van der Waals surface area contributed by atoms with Crippen molar-refractivity contribution in [2.24, 2.45) is 5.10 Å². The van der Waals surface area contributed by atoms with E-state index in [1.165, 1.54) is 12.1 Å². The number of fused-ring (bicyclic) bond motifs is 1. The Morgan fingerprint density at radius 1 is 1.07 bits per heavy atom. The molecule has 1 aliphatic rings. The molecular formula is C19H17Cl2N3O4. The lowest BCUT2D eigenvalue weighted by Crippen LogP contribution is -2.22. The highest BCUT2D eigenvalue weighted by Gasteiger charge is 2.14. The molecule has 0 spiro atoms. The van der Waals surface area contributed by atoms with Gasteiger partial charge in [0, 0.05) is 22.5 Å². The normalized spacial score (nSPS) is 13.0. The molecule has 0 aromatic heterocycles. The summed E-state index contributed by atoms with van der Waals surface area (Å²) in [7, 11) is 0. The number of nitrogens with one attached hydrogen (secondary N) is 2. The molecule has 0 aliphatic carbocycles. The van der Waals surface area contributed by atoms with E-state index in [1.807, 2.05) is 0 Å². The van der Waals surface area contributed by atoms with E-state index in [-0.39, 0.29) is 22.9 Å². The van der Waals surface area contributed by atoms with Crippen LogP contribution in [-0.4, -0.2) is 30.7 Å². The van der Waals surface area contributed by atoms with Crippen LogP contribution in [0.3, 0.4) is 0 Å². The van der Waals surface area contributed by atoms with Gasteiger partial charge in [-0.2, -0.15) is 5.10 Å². The number of halogens is 2. The zero-order chi connectivity index (χ0) is 20.1. The van der Waals surface area contributed by atoms with Crippen molar-refractivity contribution in [2.75, 3.05) is 18.5 Å². The zero-order valence-corrected chi connectivity index (χ0v) is 16.4. The molecule has 0 saturated heterocycles.